The van der Waals surface area contributed by atoms with Crippen LogP contribution >= 0.6 is 0 Å². The summed E-state index contributed by atoms with van der Waals surface area (Å²) in [6.45, 7) is 8.92. The average molecular weight is 820 g/mol. The number of amidine groups is 2. The highest BCUT2D eigenvalue weighted by atomic mass is 16.5. The van der Waals surface area contributed by atoms with E-state index in [4.69, 9.17) is 19.7 Å². The molecule has 2 N–H and O–H groups in total. The normalized spacial score (nSPS) is 23.3. The van der Waals surface area contributed by atoms with Crippen LogP contribution in [0.25, 0.3) is 34.0 Å². The van der Waals surface area contributed by atoms with Crippen molar-refractivity contribution in [3.05, 3.63) is 241 Å². The molecule has 3 aliphatic carbocycles. The molecule has 10 rings (SSSR count). The molecule has 308 valence electrons. The number of hydrogen-bond donors (Lipinski definition) is 2. The van der Waals surface area contributed by atoms with Crippen LogP contribution in [0, 0.1) is 11.8 Å². The van der Waals surface area contributed by atoms with Crippen molar-refractivity contribution in [1.82, 2.24) is 15.6 Å². The highest BCUT2D eigenvalue weighted by molar-refractivity contribution is 6.14. The van der Waals surface area contributed by atoms with Gasteiger partial charge in [0.05, 0.1) is 17.4 Å². The number of aromatic nitrogens is 1. The third-order valence-corrected chi connectivity index (χ3v) is 12.4. The molecular weight excluding hydrogens is 771 g/mol. The number of nitrogens with one attached hydrogen (secondary N) is 2. The summed E-state index contributed by atoms with van der Waals surface area (Å²) in [6.07, 6.45) is 28.0. The molecule has 6 unspecified atom stereocenters. The van der Waals surface area contributed by atoms with E-state index in [1.807, 2.05) is 48.6 Å². The van der Waals surface area contributed by atoms with E-state index in [-0.39, 0.29) is 36.1 Å². The molecule has 3 heterocycles. The molecule has 4 aromatic carbocycles. The highest BCUT2D eigenvalue weighted by Gasteiger charge is 2.41. The predicted molar refractivity (Wildman–Crippen MR) is 260 cm³/mol. The lowest BCUT2D eigenvalue weighted by molar-refractivity contribution is 0.260. The Labute approximate surface area is 370 Å². The van der Waals surface area contributed by atoms with E-state index >= 15 is 0 Å². The second kappa shape index (κ2) is 17.9. The van der Waals surface area contributed by atoms with Gasteiger partial charge in [-0.3, -0.25) is 4.98 Å². The van der Waals surface area contributed by atoms with Gasteiger partial charge < -0.3 is 15.4 Å². The number of aliphatic imine (C=N–C) groups is 2. The fourth-order valence-electron chi connectivity index (χ4n) is 9.13. The van der Waals surface area contributed by atoms with E-state index in [2.05, 4.69) is 176 Å². The van der Waals surface area contributed by atoms with Gasteiger partial charge in [0.2, 0.25) is 0 Å². The Hall–Kier alpha value is -7.41. The topological polar surface area (TPSA) is 70.9 Å². The summed E-state index contributed by atoms with van der Waals surface area (Å²) in [4.78, 5) is 15.8. The Morgan fingerprint density at radius 2 is 1.62 bits per heavy atom. The van der Waals surface area contributed by atoms with Crippen LogP contribution in [0.3, 0.4) is 0 Å². The number of pyridine rings is 1. The van der Waals surface area contributed by atoms with Crippen LogP contribution in [-0.4, -0.2) is 35.5 Å². The summed E-state index contributed by atoms with van der Waals surface area (Å²) in [5.74, 6) is 2.55. The fourth-order valence-corrected chi connectivity index (χ4v) is 9.13. The minimum atomic E-state index is -0.317. The molecule has 6 nitrogen and oxygen atoms in total. The number of fused-ring (bicyclic) bond motifs is 4. The molecule has 0 amide bonds. The van der Waals surface area contributed by atoms with Gasteiger partial charge in [0, 0.05) is 41.0 Å². The van der Waals surface area contributed by atoms with Gasteiger partial charge in [-0.1, -0.05) is 177 Å². The number of allylic oxidation sites excluding steroid dienone is 7. The summed E-state index contributed by atoms with van der Waals surface area (Å²) in [7, 11) is 0. The molecule has 63 heavy (non-hydrogen) atoms. The number of nitrogens with zero attached hydrogens (tertiary/aromatic N) is 3. The average Bonchev–Trinajstić information content (AvgIpc) is 3.73. The second-order valence-electron chi connectivity index (χ2n) is 16.4. The Morgan fingerprint density at radius 3 is 2.38 bits per heavy atom. The summed E-state index contributed by atoms with van der Waals surface area (Å²) in [5, 5.41) is 7.62. The van der Waals surface area contributed by atoms with Crippen molar-refractivity contribution < 1.29 is 4.74 Å². The lowest BCUT2D eigenvalue weighted by Crippen LogP contribution is -2.43. The second-order valence-corrected chi connectivity index (χ2v) is 16.4. The lowest BCUT2D eigenvalue weighted by Gasteiger charge is -2.32. The first-order valence-corrected chi connectivity index (χ1v) is 21.8. The Bertz CT molecular complexity index is 2820. The Morgan fingerprint density at radius 1 is 0.825 bits per heavy atom. The zero-order chi connectivity index (χ0) is 42.5. The van der Waals surface area contributed by atoms with E-state index in [1.165, 1.54) is 11.1 Å². The smallest absolute Gasteiger partial charge is 0.150 e. The number of benzene rings is 4. The molecule has 0 saturated carbocycles. The van der Waals surface area contributed by atoms with Gasteiger partial charge in [-0.2, -0.15) is 0 Å². The maximum absolute atomic E-state index is 6.95. The Balaban J connectivity index is 1.02. The van der Waals surface area contributed by atoms with Crippen molar-refractivity contribution in [2.45, 2.75) is 30.7 Å². The number of ether oxygens (including phenoxy) is 1. The van der Waals surface area contributed by atoms with Crippen molar-refractivity contribution in [1.29, 1.82) is 0 Å². The van der Waals surface area contributed by atoms with Gasteiger partial charge in [-0.15, -0.1) is 6.58 Å². The largest absolute Gasteiger partial charge is 0.484 e. The van der Waals surface area contributed by atoms with Gasteiger partial charge in [-0.05, 0) is 70.2 Å². The molecule has 0 bridgehead atoms. The van der Waals surface area contributed by atoms with Crippen molar-refractivity contribution in [3.63, 3.8) is 0 Å². The summed E-state index contributed by atoms with van der Waals surface area (Å²) in [5.41, 5.74) is 12.0. The van der Waals surface area contributed by atoms with Gasteiger partial charge in [0.1, 0.15) is 23.5 Å². The fraction of sp³-hybridized carbons (Fsp3) is 0.140. The first-order chi connectivity index (χ1) is 31.1. The zero-order valence-corrected chi connectivity index (χ0v) is 35.1. The first kappa shape index (κ1) is 39.7. The quantitative estimate of drug-likeness (QED) is 0.0971. The molecule has 0 fully saturated rings. The van der Waals surface area contributed by atoms with E-state index in [0.717, 1.165) is 74.2 Å². The van der Waals surface area contributed by atoms with Crippen LogP contribution in [0.4, 0.5) is 0 Å². The third kappa shape index (κ3) is 8.33. The summed E-state index contributed by atoms with van der Waals surface area (Å²) >= 11 is 0. The van der Waals surface area contributed by atoms with Crippen LogP contribution in [0.15, 0.2) is 229 Å². The van der Waals surface area contributed by atoms with Crippen molar-refractivity contribution >= 4 is 23.3 Å². The zero-order valence-electron chi connectivity index (χ0n) is 35.1. The van der Waals surface area contributed by atoms with Crippen LogP contribution < -0.4 is 15.4 Å². The SMILES string of the molecule is C=C/C(=C\C=C\C1=NC(C2C=CC=CC2)N=C(C2=CC(CNC3c4nc(-c5ccccc5)ccc4C=CC3C=C)=CC3c4cc(-c5ccccc5)ccc4OC23)N1)c1ccccc1. The maximum Gasteiger partial charge on any atom is 0.150 e. The molecule has 6 atom stereocenters. The molecule has 6 heteroatoms. The number of rotatable bonds is 12. The summed E-state index contributed by atoms with van der Waals surface area (Å²) in [6, 6.07) is 42.0. The van der Waals surface area contributed by atoms with Gasteiger partial charge in [0.15, 0.2) is 6.17 Å². The van der Waals surface area contributed by atoms with Crippen LogP contribution in [0.2, 0.25) is 0 Å². The predicted octanol–water partition coefficient (Wildman–Crippen LogP) is 12.0. The molecule has 0 saturated heterocycles. The molecule has 0 spiro atoms. The summed E-state index contributed by atoms with van der Waals surface area (Å²) < 4.78 is 6.95. The maximum atomic E-state index is 6.95. The highest BCUT2D eigenvalue weighted by Crippen LogP contribution is 2.47. The van der Waals surface area contributed by atoms with Crippen molar-refractivity contribution in [2.24, 2.45) is 21.8 Å². The molecule has 5 aromatic rings. The van der Waals surface area contributed by atoms with Gasteiger partial charge in [-0.25, -0.2) is 9.98 Å². The third-order valence-electron chi connectivity index (χ3n) is 12.4. The van der Waals surface area contributed by atoms with Crippen LogP contribution in [0.1, 0.15) is 40.8 Å². The molecule has 1 aromatic heterocycles. The van der Waals surface area contributed by atoms with Crippen molar-refractivity contribution in [3.8, 4) is 28.1 Å². The molecule has 2 aliphatic heterocycles. The van der Waals surface area contributed by atoms with Crippen molar-refractivity contribution in [2.75, 3.05) is 6.54 Å². The number of hydrogen-bond acceptors (Lipinski definition) is 6. The van der Waals surface area contributed by atoms with Gasteiger partial charge in [0.25, 0.3) is 0 Å². The van der Waals surface area contributed by atoms with Crippen LogP contribution in [-0.2, 0) is 0 Å². The minimum absolute atomic E-state index is 0.0423. The first-order valence-electron chi connectivity index (χ1n) is 21.8. The van der Waals surface area contributed by atoms with E-state index < -0.39 is 0 Å². The molecule has 0 radical (unpaired) electrons. The van der Waals surface area contributed by atoms with Gasteiger partial charge >= 0.3 is 0 Å². The standard InChI is InChI=1S/C57H49N5O/c1-3-39(41-18-9-5-10-19-41)26-17-27-52-60-56(45-24-15-8-16-25-45)62-57(61-52)49-35-38(34-48-47-36-46(42-20-11-6-12-21-42)31-33-51(47)63-55(48)49)37-58-53-40(4-2)28-29-44-30-32-50(59-54(44)53)43-22-13-7-14-23-43/h3-24,26-36,40,45,48,53,55-56,58H,1-2,25,37H2,(H,60,61,62)/b27-17+,39-26+. The van der Waals surface area contributed by atoms with E-state index in [1.54, 1.807) is 0 Å². The monoisotopic (exact) mass is 819 g/mol. The Kier molecular flexibility index (Phi) is 11.3. The molecule has 5 aliphatic rings. The lowest BCUT2D eigenvalue weighted by atomic mass is 9.82. The van der Waals surface area contributed by atoms with E-state index in [0.29, 0.717) is 6.54 Å². The molecular formula is C57H49N5O. The minimum Gasteiger partial charge on any atom is -0.484 e. The van der Waals surface area contributed by atoms with Crippen LogP contribution in [0.5, 0.6) is 5.75 Å². The van der Waals surface area contributed by atoms with E-state index in [9.17, 15) is 0 Å².